The fraction of sp³-hybridized carbons (Fsp3) is 0.200. The number of rotatable bonds is 4. The first-order chi connectivity index (χ1) is 13.6. The summed E-state index contributed by atoms with van der Waals surface area (Å²) in [5.41, 5.74) is -1.18. The van der Waals surface area contributed by atoms with Crippen molar-refractivity contribution in [1.82, 2.24) is 0 Å². The van der Waals surface area contributed by atoms with Crippen LogP contribution in [0.2, 0.25) is 0 Å². The van der Waals surface area contributed by atoms with Crippen molar-refractivity contribution in [2.45, 2.75) is 26.4 Å². The predicted octanol–water partition coefficient (Wildman–Crippen LogP) is 5.23. The topological polar surface area (TPSA) is 65.7 Å². The summed E-state index contributed by atoms with van der Waals surface area (Å²) >= 11 is 0. The summed E-state index contributed by atoms with van der Waals surface area (Å²) in [5, 5.41) is -0.225. The number of hydrogen-bond donors (Lipinski definition) is 0. The summed E-state index contributed by atoms with van der Waals surface area (Å²) < 4.78 is 69.3. The molecular weight excluding hydrogens is 396 g/mol. The lowest BCUT2D eigenvalue weighted by atomic mass is 10.1. The van der Waals surface area contributed by atoms with Gasteiger partial charge >= 0.3 is 12.1 Å². The minimum atomic E-state index is -5.10. The summed E-state index contributed by atoms with van der Waals surface area (Å²) in [6.45, 7) is 2.84. The van der Waals surface area contributed by atoms with Gasteiger partial charge in [0.25, 0.3) is 5.76 Å². The Balaban J connectivity index is 2.30. The molecule has 29 heavy (non-hydrogen) atoms. The van der Waals surface area contributed by atoms with E-state index in [1.54, 1.807) is 6.92 Å². The maximum atomic E-state index is 13.9. The zero-order chi connectivity index (χ0) is 21.3. The second-order valence-corrected chi connectivity index (χ2v) is 6.02. The standard InChI is InChI=1S/C20H14F4O5/c1-3-11-8-12-16(9-15(11)27-10(2)25)29-19(20(22,23)24)18(17(12)26)28-14-7-5-4-6-13(14)21/h4-9H,3H2,1-2H3. The van der Waals surface area contributed by atoms with Crippen molar-refractivity contribution < 1.29 is 36.2 Å². The van der Waals surface area contributed by atoms with Crippen LogP contribution in [0.3, 0.4) is 0 Å². The fourth-order valence-corrected chi connectivity index (χ4v) is 2.69. The number of aryl methyl sites for hydroxylation is 1. The van der Waals surface area contributed by atoms with Crippen LogP contribution in [-0.4, -0.2) is 5.97 Å². The van der Waals surface area contributed by atoms with E-state index < -0.39 is 46.2 Å². The fourth-order valence-electron chi connectivity index (χ4n) is 2.69. The van der Waals surface area contributed by atoms with Crippen LogP contribution in [0, 0.1) is 5.82 Å². The number of carbonyl (C=O) groups is 1. The van der Waals surface area contributed by atoms with Gasteiger partial charge in [-0.25, -0.2) is 4.39 Å². The second kappa shape index (κ2) is 7.57. The lowest BCUT2D eigenvalue weighted by Gasteiger charge is -2.15. The number of carbonyl (C=O) groups excluding carboxylic acids is 1. The molecule has 3 rings (SSSR count). The van der Waals surface area contributed by atoms with E-state index in [-0.39, 0.29) is 11.1 Å². The Morgan fingerprint density at radius 3 is 2.41 bits per heavy atom. The lowest BCUT2D eigenvalue weighted by molar-refractivity contribution is -0.154. The Bertz CT molecular complexity index is 1150. The Morgan fingerprint density at radius 1 is 1.14 bits per heavy atom. The molecule has 0 amide bonds. The SMILES string of the molecule is CCc1cc2c(=O)c(Oc3ccccc3F)c(C(F)(F)F)oc2cc1OC(C)=O. The normalized spacial score (nSPS) is 11.5. The van der Waals surface area contributed by atoms with Crippen molar-refractivity contribution in [2.75, 3.05) is 0 Å². The quantitative estimate of drug-likeness (QED) is 0.335. The van der Waals surface area contributed by atoms with Gasteiger partial charge in [0.05, 0.1) is 5.39 Å². The molecule has 0 N–H and O–H groups in total. The zero-order valence-electron chi connectivity index (χ0n) is 15.2. The number of para-hydroxylation sites is 1. The number of benzene rings is 2. The van der Waals surface area contributed by atoms with Crippen LogP contribution in [-0.2, 0) is 17.4 Å². The van der Waals surface area contributed by atoms with Gasteiger partial charge in [-0.1, -0.05) is 19.1 Å². The molecule has 0 spiro atoms. The van der Waals surface area contributed by atoms with E-state index in [1.165, 1.54) is 18.2 Å². The molecule has 0 bridgehead atoms. The smallest absolute Gasteiger partial charge is 0.447 e. The largest absolute Gasteiger partial charge is 0.453 e. The number of alkyl halides is 3. The lowest BCUT2D eigenvalue weighted by Crippen LogP contribution is -2.16. The van der Waals surface area contributed by atoms with Gasteiger partial charge in [0.15, 0.2) is 11.6 Å². The second-order valence-electron chi connectivity index (χ2n) is 6.02. The summed E-state index contributed by atoms with van der Waals surface area (Å²) in [6.07, 6.45) is -4.78. The van der Waals surface area contributed by atoms with E-state index in [9.17, 15) is 27.2 Å². The van der Waals surface area contributed by atoms with Gasteiger partial charge in [0.1, 0.15) is 11.3 Å². The van der Waals surface area contributed by atoms with Gasteiger partial charge in [-0.15, -0.1) is 0 Å². The molecular formula is C20H14F4O5. The summed E-state index contributed by atoms with van der Waals surface area (Å²) in [6, 6.07) is 7.02. The van der Waals surface area contributed by atoms with E-state index in [0.717, 1.165) is 25.1 Å². The monoisotopic (exact) mass is 410 g/mol. The molecule has 0 saturated carbocycles. The van der Waals surface area contributed by atoms with Gasteiger partial charge < -0.3 is 13.9 Å². The molecule has 0 aliphatic rings. The Labute approximate surface area is 161 Å². The molecule has 3 aromatic rings. The number of halogens is 4. The zero-order valence-corrected chi connectivity index (χ0v) is 15.2. The molecule has 1 heterocycles. The predicted molar refractivity (Wildman–Crippen MR) is 94.6 cm³/mol. The van der Waals surface area contributed by atoms with Gasteiger partial charge in [-0.2, -0.15) is 13.2 Å². The molecule has 0 unspecified atom stereocenters. The molecule has 0 radical (unpaired) electrons. The molecule has 0 saturated heterocycles. The van der Waals surface area contributed by atoms with E-state index in [4.69, 9.17) is 13.9 Å². The Kier molecular flexibility index (Phi) is 5.32. The van der Waals surface area contributed by atoms with Crippen molar-refractivity contribution in [3.8, 4) is 17.2 Å². The first-order valence-corrected chi connectivity index (χ1v) is 8.43. The molecule has 0 fully saturated rings. The molecule has 9 heteroatoms. The van der Waals surface area contributed by atoms with Crippen molar-refractivity contribution in [1.29, 1.82) is 0 Å². The van der Waals surface area contributed by atoms with Crippen LogP contribution in [0.1, 0.15) is 25.2 Å². The average molecular weight is 410 g/mol. The van der Waals surface area contributed by atoms with Crippen molar-refractivity contribution in [3.05, 3.63) is 63.8 Å². The highest BCUT2D eigenvalue weighted by atomic mass is 19.4. The van der Waals surface area contributed by atoms with Crippen molar-refractivity contribution in [3.63, 3.8) is 0 Å². The average Bonchev–Trinajstić information content (AvgIpc) is 2.63. The van der Waals surface area contributed by atoms with E-state index in [2.05, 4.69) is 0 Å². The number of hydrogen-bond acceptors (Lipinski definition) is 5. The van der Waals surface area contributed by atoms with E-state index >= 15 is 0 Å². The van der Waals surface area contributed by atoms with Crippen molar-refractivity contribution in [2.24, 2.45) is 0 Å². The molecule has 0 aliphatic heterocycles. The molecule has 0 aliphatic carbocycles. The molecule has 1 aromatic heterocycles. The van der Waals surface area contributed by atoms with Crippen LogP contribution in [0.5, 0.6) is 17.2 Å². The number of ether oxygens (including phenoxy) is 2. The third kappa shape index (κ3) is 4.08. The third-order valence-corrected chi connectivity index (χ3v) is 3.97. The van der Waals surface area contributed by atoms with E-state index in [1.807, 2.05) is 0 Å². The van der Waals surface area contributed by atoms with Crippen LogP contribution >= 0.6 is 0 Å². The van der Waals surface area contributed by atoms with E-state index in [0.29, 0.717) is 12.0 Å². The van der Waals surface area contributed by atoms with Crippen LogP contribution in [0.4, 0.5) is 17.6 Å². The molecule has 152 valence electrons. The third-order valence-electron chi connectivity index (χ3n) is 3.97. The van der Waals surface area contributed by atoms with Gasteiger partial charge in [0.2, 0.25) is 11.2 Å². The van der Waals surface area contributed by atoms with Gasteiger partial charge in [0, 0.05) is 13.0 Å². The summed E-state index contributed by atoms with van der Waals surface area (Å²) in [7, 11) is 0. The van der Waals surface area contributed by atoms with Crippen LogP contribution in [0.15, 0.2) is 45.6 Å². The first kappa shape index (κ1) is 20.4. The van der Waals surface area contributed by atoms with Gasteiger partial charge in [-0.3, -0.25) is 9.59 Å². The molecule has 2 aromatic carbocycles. The number of esters is 1. The highest BCUT2D eigenvalue weighted by Gasteiger charge is 2.41. The van der Waals surface area contributed by atoms with Crippen LogP contribution in [0.25, 0.3) is 11.0 Å². The van der Waals surface area contributed by atoms with Crippen LogP contribution < -0.4 is 14.9 Å². The maximum absolute atomic E-state index is 13.9. The summed E-state index contributed by atoms with van der Waals surface area (Å²) in [4.78, 5) is 24.0. The summed E-state index contributed by atoms with van der Waals surface area (Å²) in [5.74, 6) is -5.12. The Morgan fingerprint density at radius 2 is 1.83 bits per heavy atom. The molecule has 5 nitrogen and oxygen atoms in total. The Hall–Kier alpha value is -3.36. The maximum Gasteiger partial charge on any atom is 0.453 e. The highest BCUT2D eigenvalue weighted by Crippen LogP contribution is 2.39. The minimum absolute atomic E-state index is 0.0217. The number of fused-ring (bicyclic) bond motifs is 1. The van der Waals surface area contributed by atoms with Gasteiger partial charge in [-0.05, 0) is 30.2 Å². The highest BCUT2D eigenvalue weighted by molar-refractivity contribution is 5.82. The van der Waals surface area contributed by atoms with Crippen molar-refractivity contribution >= 4 is 16.9 Å². The first-order valence-electron chi connectivity index (χ1n) is 8.43. The minimum Gasteiger partial charge on any atom is -0.447 e. The molecule has 0 atom stereocenters.